The van der Waals surface area contributed by atoms with Gasteiger partial charge in [0.05, 0.1) is 20.8 Å². The summed E-state index contributed by atoms with van der Waals surface area (Å²) in [4.78, 5) is 14.1. The van der Waals surface area contributed by atoms with Gasteiger partial charge in [-0.3, -0.25) is 4.79 Å². The molecule has 0 aromatic heterocycles. The van der Waals surface area contributed by atoms with E-state index in [-0.39, 0.29) is 12.5 Å². The normalized spacial score (nSPS) is 15.7. The van der Waals surface area contributed by atoms with Crippen LogP contribution in [0.15, 0.2) is 12.1 Å². The Morgan fingerprint density at radius 1 is 1.14 bits per heavy atom. The van der Waals surface area contributed by atoms with Gasteiger partial charge in [0.15, 0.2) is 11.5 Å². The zero-order chi connectivity index (χ0) is 16.1. The van der Waals surface area contributed by atoms with Crippen LogP contribution in [0.5, 0.6) is 11.5 Å². The fourth-order valence-electron chi connectivity index (χ4n) is 2.76. The highest BCUT2D eigenvalue weighted by Crippen LogP contribution is 2.32. The van der Waals surface area contributed by atoms with E-state index in [9.17, 15) is 4.79 Å². The third-order valence-electron chi connectivity index (χ3n) is 3.98. The van der Waals surface area contributed by atoms with E-state index in [1.165, 1.54) is 11.1 Å². The lowest BCUT2D eigenvalue weighted by molar-refractivity contribution is -0.133. The van der Waals surface area contributed by atoms with Crippen LogP contribution in [0.3, 0.4) is 0 Å². The predicted octanol–water partition coefficient (Wildman–Crippen LogP) is 0.605. The average molecular weight is 308 g/mol. The van der Waals surface area contributed by atoms with E-state index in [4.69, 9.17) is 19.9 Å². The molecular formula is C16H24N2O4. The van der Waals surface area contributed by atoms with Gasteiger partial charge in [0.2, 0.25) is 5.91 Å². The quantitative estimate of drug-likeness (QED) is 0.862. The molecule has 1 amide bonds. The highest BCUT2D eigenvalue weighted by atomic mass is 16.5. The predicted molar refractivity (Wildman–Crippen MR) is 83.4 cm³/mol. The lowest BCUT2D eigenvalue weighted by Gasteiger charge is -2.23. The van der Waals surface area contributed by atoms with Crippen LogP contribution in [0.2, 0.25) is 0 Å². The molecule has 122 valence electrons. The van der Waals surface area contributed by atoms with Crippen molar-refractivity contribution in [3.05, 3.63) is 23.3 Å². The second-order valence-corrected chi connectivity index (χ2v) is 5.36. The van der Waals surface area contributed by atoms with Crippen molar-refractivity contribution >= 4 is 5.91 Å². The maximum Gasteiger partial charge on any atom is 0.241 e. The number of hydrogen-bond acceptors (Lipinski definition) is 5. The fourth-order valence-corrected chi connectivity index (χ4v) is 2.76. The van der Waals surface area contributed by atoms with Gasteiger partial charge in [-0.05, 0) is 36.1 Å². The first-order valence-electron chi connectivity index (χ1n) is 7.37. The molecule has 6 nitrogen and oxygen atoms in total. The average Bonchev–Trinajstić information content (AvgIpc) is 2.74. The fraction of sp³-hybridized carbons (Fsp3) is 0.562. The summed E-state index contributed by atoms with van der Waals surface area (Å²) in [6, 6.07) is 3.39. The first-order valence-corrected chi connectivity index (χ1v) is 7.37. The largest absolute Gasteiger partial charge is 0.493 e. The molecule has 0 bridgehead atoms. The molecule has 2 rings (SSSR count). The van der Waals surface area contributed by atoms with Crippen LogP contribution in [0.25, 0.3) is 0 Å². The Bertz CT molecular complexity index is 498. The summed E-state index contributed by atoms with van der Waals surface area (Å²) in [5.41, 5.74) is 8.23. The van der Waals surface area contributed by atoms with Gasteiger partial charge in [0.1, 0.15) is 6.04 Å². The zero-order valence-corrected chi connectivity index (χ0v) is 13.4. The van der Waals surface area contributed by atoms with Gasteiger partial charge in [0.25, 0.3) is 0 Å². The second kappa shape index (κ2) is 7.47. The first-order chi connectivity index (χ1) is 10.6. The molecule has 0 radical (unpaired) electrons. The highest BCUT2D eigenvalue weighted by molar-refractivity contribution is 5.82. The molecule has 1 aromatic rings. The van der Waals surface area contributed by atoms with Crippen LogP contribution in [-0.2, 0) is 22.4 Å². The van der Waals surface area contributed by atoms with Crippen molar-refractivity contribution in [2.45, 2.75) is 18.9 Å². The molecule has 1 aliphatic heterocycles. The summed E-state index contributed by atoms with van der Waals surface area (Å²) in [6.45, 7) is 1.54. The van der Waals surface area contributed by atoms with E-state index < -0.39 is 6.04 Å². The Morgan fingerprint density at radius 3 is 2.05 bits per heavy atom. The van der Waals surface area contributed by atoms with Crippen molar-refractivity contribution in [2.75, 3.05) is 41.0 Å². The molecule has 0 saturated heterocycles. The summed E-state index contributed by atoms with van der Waals surface area (Å²) < 4.78 is 15.7. The van der Waals surface area contributed by atoms with Crippen LogP contribution in [0.1, 0.15) is 11.1 Å². The van der Waals surface area contributed by atoms with Crippen LogP contribution in [0, 0.1) is 0 Å². The number of carbonyl (C=O) groups excluding carboxylic acids is 1. The number of methoxy groups -OCH3 is 3. The standard InChI is InChI=1S/C16H24N2O4/c1-20-10-13(17)16(19)18-6-4-11-8-14(21-2)15(22-3)9-12(11)5-7-18/h8-9,13H,4-7,10,17H2,1-3H3. The van der Waals surface area contributed by atoms with E-state index in [1.807, 2.05) is 17.0 Å². The number of ether oxygens (including phenoxy) is 3. The number of amides is 1. The monoisotopic (exact) mass is 308 g/mol. The summed E-state index contributed by atoms with van der Waals surface area (Å²) in [6.07, 6.45) is 1.56. The maximum absolute atomic E-state index is 12.3. The van der Waals surface area contributed by atoms with E-state index in [0.717, 1.165) is 24.3 Å². The van der Waals surface area contributed by atoms with Crippen LogP contribution >= 0.6 is 0 Å². The molecule has 6 heteroatoms. The summed E-state index contributed by atoms with van der Waals surface area (Å²) in [7, 11) is 4.80. The summed E-state index contributed by atoms with van der Waals surface area (Å²) >= 11 is 0. The molecule has 1 aromatic carbocycles. The van der Waals surface area contributed by atoms with Crippen molar-refractivity contribution in [2.24, 2.45) is 5.73 Å². The number of nitrogens with two attached hydrogens (primary N) is 1. The highest BCUT2D eigenvalue weighted by Gasteiger charge is 2.24. The number of nitrogens with zero attached hydrogens (tertiary/aromatic N) is 1. The van der Waals surface area contributed by atoms with E-state index in [0.29, 0.717) is 13.1 Å². The summed E-state index contributed by atoms with van der Waals surface area (Å²) in [5, 5.41) is 0. The minimum Gasteiger partial charge on any atom is -0.493 e. The van der Waals surface area contributed by atoms with Crippen molar-refractivity contribution < 1.29 is 19.0 Å². The van der Waals surface area contributed by atoms with Gasteiger partial charge >= 0.3 is 0 Å². The molecule has 2 N–H and O–H groups in total. The van der Waals surface area contributed by atoms with Gasteiger partial charge in [-0.15, -0.1) is 0 Å². The number of rotatable bonds is 5. The molecule has 1 atom stereocenters. The zero-order valence-electron chi connectivity index (χ0n) is 13.4. The molecular weight excluding hydrogens is 284 g/mol. The lowest BCUT2D eigenvalue weighted by Crippen LogP contribution is -2.47. The molecule has 1 heterocycles. The van der Waals surface area contributed by atoms with Crippen LogP contribution in [0.4, 0.5) is 0 Å². The van der Waals surface area contributed by atoms with Gasteiger partial charge in [-0.1, -0.05) is 0 Å². The van der Waals surface area contributed by atoms with Gasteiger partial charge in [-0.2, -0.15) is 0 Å². The molecule has 22 heavy (non-hydrogen) atoms. The van der Waals surface area contributed by atoms with E-state index in [2.05, 4.69) is 0 Å². The summed E-state index contributed by atoms with van der Waals surface area (Å²) in [5.74, 6) is 1.38. The molecule has 0 spiro atoms. The minimum absolute atomic E-state index is 0.0615. The molecule has 0 saturated carbocycles. The smallest absolute Gasteiger partial charge is 0.241 e. The van der Waals surface area contributed by atoms with Crippen LogP contribution in [-0.4, -0.2) is 57.9 Å². The second-order valence-electron chi connectivity index (χ2n) is 5.36. The Balaban J connectivity index is 2.14. The van der Waals surface area contributed by atoms with E-state index in [1.54, 1.807) is 21.3 Å². The van der Waals surface area contributed by atoms with Crippen molar-refractivity contribution in [1.29, 1.82) is 0 Å². The van der Waals surface area contributed by atoms with Crippen molar-refractivity contribution in [3.8, 4) is 11.5 Å². The molecule has 1 unspecified atom stereocenters. The lowest BCUT2D eigenvalue weighted by atomic mass is 10.0. The maximum atomic E-state index is 12.3. The third-order valence-corrected chi connectivity index (χ3v) is 3.98. The number of benzene rings is 1. The first kappa shape index (κ1) is 16.6. The van der Waals surface area contributed by atoms with Gasteiger partial charge in [-0.25, -0.2) is 0 Å². The molecule has 0 fully saturated rings. The molecule has 0 aliphatic carbocycles. The third kappa shape index (κ3) is 3.51. The Morgan fingerprint density at radius 2 is 1.64 bits per heavy atom. The topological polar surface area (TPSA) is 74.0 Å². The van der Waals surface area contributed by atoms with Crippen molar-refractivity contribution in [3.63, 3.8) is 0 Å². The Labute approximate surface area is 131 Å². The van der Waals surface area contributed by atoms with Gasteiger partial charge in [0, 0.05) is 20.2 Å². The minimum atomic E-state index is -0.602. The Kier molecular flexibility index (Phi) is 5.63. The number of carbonyl (C=O) groups is 1. The van der Waals surface area contributed by atoms with E-state index >= 15 is 0 Å². The van der Waals surface area contributed by atoms with Crippen LogP contribution < -0.4 is 15.2 Å². The Hall–Kier alpha value is -1.79. The molecule has 1 aliphatic rings. The van der Waals surface area contributed by atoms with Gasteiger partial charge < -0.3 is 24.8 Å². The SMILES string of the molecule is COCC(N)C(=O)N1CCc2cc(OC)c(OC)cc2CC1. The van der Waals surface area contributed by atoms with Crippen molar-refractivity contribution in [1.82, 2.24) is 4.90 Å². The number of hydrogen-bond donors (Lipinski definition) is 1. The number of fused-ring (bicyclic) bond motifs is 1.